The van der Waals surface area contributed by atoms with Crippen molar-refractivity contribution in [3.63, 3.8) is 0 Å². The van der Waals surface area contributed by atoms with Gasteiger partial charge in [-0.2, -0.15) is 0 Å². The Morgan fingerprint density at radius 1 is 1.50 bits per heavy atom. The highest BCUT2D eigenvalue weighted by molar-refractivity contribution is 5.96. The van der Waals surface area contributed by atoms with Crippen LogP contribution in [0.4, 0.5) is 0 Å². The van der Waals surface area contributed by atoms with Crippen molar-refractivity contribution in [2.24, 2.45) is 5.73 Å². The maximum absolute atomic E-state index is 12.0. The van der Waals surface area contributed by atoms with Gasteiger partial charge in [-0.15, -0.1) is 0 Å². The Morgan fingerprint density at radius 3 is 2.94 bits per heavy atom. The van der Waals surface area contributed by atoms with Gasteiger partial charge < -0.3 is 15.8 Å². The van der Waals surface area contributed by atoms with E-state index in [9.17, 15) is 4.79 Å². The van der Waals surface area contributed by atoms with E-state index < -0.39 is 0 Å². The van der Waals surface area contributed by atoms with Crippen LogP contribution in [-0.2, 0) is 4.74 Å². The number of methoxy groups -OCH3 is 1. The number of hydrogen-bond acceptors (Lipinski definition) is 3. The maximum atomic E-state index is 12.0. The number of carbonyl (C=O) groups excluding carboxylic acids is 1. The minimum atomic E-state index is -0.142. The quantitative estimate of drug-likeness (QED) is 0.606. The zero-order chi connectivity index (χ0) is 13.4. The molecule has 0 bridgehead atoms. The lowest BCUT2D eigenvalue weighted by Crippen LogP contribution is -2.27. The van der Waals surface area contributed by atoms with Crippen molar-refractivity contribution in [1.82, 2.24) is 5.32 Å². The topological polar surface area (TPSA) is 64.3 Å². The molecule has 0 aliphatic heterocycles. The average Bonchev–Trinajstić information content (AvgIpc) is 2.37. The molecule has 1 aromatic carbocycles. The van der Waals surface area contributed by atoms with Gasteiger partial charge >= 0.3 is 0 Å². The summed E-state index contributed by atoms with van der Waals surface area (Å²) in [7, 11) is 1.59. The Hall–Kier alpha value is -1.83. The van der Waals surface area contributed by atoms with Crippen molar-refractivity contribution in [3.05, 3.63) is 34.9 Å². The zero-order valence-electron chi connectivity index (χ0n) is 10.7. The summed E-state index contributed by atoms with van der Waals surface area (Å²) in [5.74, 6) is 5.52. The predicted octanol–water partition coefficient (Wildman–Crippen LogP) is 0.681. The fourth-order valence-electron chi connectivity index (χ4n) is 1.46. The van der Waals surface area contributed by atoms with Crippen molar-refractivity contribution in [2.75, 3.05) is 26.8 Å². The van der Waals surface area contributed by atoms with E-state index in [0.29, 0.717) is 24.3 Å². The molecule has 96 valence electrons. The van der Waals surface area contributed by atoms with Crippen molar-refractivity contribution < 1.29 is 9.53 Å². The molecule has 0 spiro atoms. The van der Waals surface area contributed by atoms with Crippen LogP contribution in [-0.4, -0.2) is 32.7 Å². The summed E-state index contributed by atoms with van der Waals surface area (Å²) < 4.78 is 4.89. The summed E-state index contributed by atoms with van der Waals surface area (Å²) in [6.07, 6.45) is 0. The number of nitrogens with two attached hydrogens (primary N) is 1. The van der Waals surface area contributed by atoms with E-state index >= 15 is 0 Å². The second-order valence-corrected chi connectivity index (χ2v) is 3.80. The van der Waals surface area contributed by atoms with E-state index in [4.69, 9.17) is 10.5 Å². The van der Waals surface area contributed by atoms with Gasteiger partial charge in [-0.25, -0.2) is 0 Å². The highest BCUT2D eigenvalue weighted by Crippen LogP contribution is 2.10. The van der Waals surface area contributed by atoms with Gasteiger partial charge in [-0.05, 0) is 19.1 Å². The van der Waals surface area contributed by atoms with Crippen LogP contribution < -0.4 is 11.1 Å². The fourth-order valence-corrected chi connectivity index (χ4v) is 1.46. The molecule has 0 heterocycles. The van der Waals surface area contributed by atoms with Crippen LogP contribution in [0.15, 0.2) is 18.2 Å². The van der Waals surface area contributed by atoms with Crippen LogP contribution in [0.3, 0.4) is 0 Å². The third kappa shape index (κ3) is 4.21. The van der Waals surface area contributed by atoms with Gasteiger partial charge in [0.1, 0.15) is 0 Å². The molecule has 0 saturated heterocycles. The molecule has 0 atom stereocenters. The van der Waals surface area contributed by atoms with Gasteiger partial charge in [0.15, 0.2) is 0 Å². The largest absolute Gasteiger partial charge is 0.383 e. The molecule has 4 nitrogen and oxygen atoms in total. The Kier molecular flexibility index (Phi) is 5.92. The summed E-state index contributed by atoms with van der Waals surface area (Å²) in [6, 6.07) is 5.58. The molecular formula is C14H18N2O2. The van der Waals surface area contributed by atoms with Crippen molar-refractivity contribution >= 4 is 5.91 Å². The molecule has 0 saturated carbocycles. The highest BCUT2D eigenvalue weighted by atomic mass is 16.5. The van der Waals surface area contributed by atoms with Gasteiger partial charge in [0.05, 0.1) is 18.7 Å². The fraction of sp³-hybridized carbons (Fsp3) is 0.357. The van der Waals surface area contributed by atoms with Crippen LogP contribution in [0.2, 0.25) is 0 Å². The molecule has 4 heteroatoms. The standard InChI is InChI=1S/C14H18N2O2/c1-11-5-6-12(4-3-7-15)13(10-11)14(17)16-8-9-18-2/h5-6,10H,7-9,15H2,1-2H3,(H,16,17). The van der Waals surface area contributed by atoms with E-state index in [1.165, 1.54) is 0 Å². The Bertz CT molecular complexity index is 472. The highest BCUT2D eigenvalue weighted by Gasteiger charge is 2.09. The van der Waals surface area contributed by atoms with Crippen LogP contribution in [0, 0.1) is 18.8 Å². The molecule has 1 aromatic rings. The first kappa shape index (κ1) is 14.2. The molecular weight excluding hydrogens is 228 g/mol. The van der Waals surface area contributed by atoms with Crippen LogP contribution >= 0.6 is 0 Å². The predicted molar refractivity (Wildman–Crippen MR) is 71.3 cm³/mol. The lowest BCUT2D eigenvalue weighted by atomic mass is 10.0. The number of benzene rings is 1. The normalized spacial score (nSPS) is 9.50. The zero-order valence-corrected chi connectivity index (χ0v) is 10.7. The van der Waals surface area contributed by atoms with Crippen LogP contribution in [0.25, 0.3) is 0 Å². The molecule has 18 heavy (non-hydrogen) atoms. The Labute approximate surface area is 108 Å². The summed E-state index contributed by atoms with van der Waals surface area (Å²) in [5.41, 5.74) is 7.63. The number of carbonyl (C=O) groups is 1. The molecule has 0 aromatic heterocycles. The van der Waals surface area contributed by atoms with E-state index in [0.717, 1.165) is 5.56 Å². The third-order valence-electron chi connectivity index (χ3n) is 2.34. The summed E-state index contributed by atoms with van der Waals surface area (Å²) in [4.78, 5) is 12.0. The first-order chi connectivity index (χ1) is 8.69. The average molecular weight is 246 g/mol. The molecule has 1 amide bonds. The van der Waals surface area contributed by atoms with E-state index in [2.05, 4.69) is 17.2 Å². The van der Waals surface area contributed by atoms with Gasteiger partial charge in [0, 0.05) is 19.2 Å². The molecule has 1 rings (SSSR count). The number of rotatable bonds is 4. The number of nitrogens with one attached hydrogen (secondary N) is 1. The number of amides is 1. The van der Waals surface area contributed by atoms with Crippen LogP contribution in [0.5, 0.6) is 0 Å². The second kappa shape index (κ2) is 7.49. The SMILES string of the molecule is COCCNC(=O)c1cc(C)ccc1C#CCN. The summed E-state index contributed by atoms with van der Waals surface area (Å²) in [5, 5.41) is 2.78. The molecule has 0 fully saturated rings. The van der Waals surface area contributed by atoms with Gasteiger partial charge in [-0.1, -0.05) is 23.5 Å². The van der Waals surface area contributed by atoms with Gasteiger partial charge in [-0.3, -0.25) is 4.79 Å². The van der Waals surface area contributed by atoms with Crippen molar-refractivity contribution in [2.45, 2.75) is 6.92 Å². The Morgan fingerprint density at radius 2 is 2.28 bits per heavy atom. The third-order valence-corrected chi connectivity index (χ3v) is 2.34. The molecule has 0 aliphatic carbocycles. The first-order valence-electron chi connectivity index (χ1n) is 5.75. The summed E-state index contributed by atoms with van der Waals surface area (Å²) in [6.45, 7) is 3.18. The Balaban J connectivity index is 2.90. The smallest absolute Gasteiger partial charge is 0.252 e. The molecule has 0 aliphatic rings. The van der Waals surface area contributed by atoms with E-state index in [-0.39, 0.29) is 12.5 Å². The van der Waals surface area contributed by atoms with Crippen molar-refractivity contribution in [3.8, 4) is 11.8 Å². The monoisotopic (exact) mass is 246 g/mol. The maximum Gasteiger partial charge on any atom is 0.252 e. The van der Waals surface area contributed by atoms with Gasteiger partial charge in [0.25, 0.3) is 5.91 Å². The van der Waals surface area contributed by atoms with Crippen LogP contribution in [0.1, 0.15) is 21.5 Å². The van der Waals surface area contributed by atoms with Crippen molar-refractivity contribution in [1.29, 1.82) is 0 Å². The summed E-state index contributed by atoms with van der Waals surface area (Å²) >= 11 is 0. The van der Waals surface area contributed by atoms with E-state index in [1.54, 1.807) is 7.11 Å². The number of hydrogen-bond donors (Lipinski definition) is 2. The molecule has 0 unspecified atom stereocenters. The molecule has 3 N–H and O–H groups in total. The lowest BCUT2D eigenvalue weighted by Gasteiger charge is -2.07. The molecule has 0 radical (unpaired) electrons. The minimum Gasteiger partial charge on any atom is -0.383 e. The number of aryl methyl sites for hydroxylation is 1. The first-order valence-corrected chi connectivity index (χ1v) is 5.75. The minimum absolute atomic E-state index is 0.142. The second-order valence-electron chi connectivity index (χ2n) is 3.80. The van der Waals surface area contributed by atoms with E-state index in [1.807, 2.05) is 25.1 Å². The lowest BCUT2D eigenvalue weighted by molar-refractivity contribution is 0.0937. The van der Waals surface area contributed by atoms with Gasteiger partial charge in [0.2, 0.25) is 0 Å². The number of ether oxygens (including phenoxy) is 1.